The summed E-state index contributed by atoms with van der Waals surface area (Å²) >= 11 is 1.48. The lowest BCUT2D eigenvalue weighted by atomic mass is 9.98. The van der Waals surface area contributed by atoms with E-state index >= 15 is 0 Å². The van der Waals surface area contributed by atoms with E-state index in [9.17, 15) is 9.59 Å². The first-order valence-electron chi connectivity index (χ1n) is 5.87. The molecule has 0 fully saturated rings. The minimum atomic E-state index is -0.875. The average Bonchev–Trinajstić information content (AvgIpc) is 2.67. The first-order valence-corrected chi connectivity index (χ1v) is 6.75. The minimum absolute atomic E-state index is 0.000128. The van der Waals surface area contributed by atoms with Crippen molar-refractivity contribution in [2.45, 2.75) is 45.1 Å². The molecule has 100 valence electrons. The van der Waals surface area contributed by atoms with Crippen LogP contribution in [0.2, 0.25) is 0 Å². The average molecular weight is 269 g/mol. The zero-order chi connectivity index (χ0) is 13.8. The van der Waals surface area contributed by atoms with Crippen molar-refractivity contribution in [1.29, 1.82) is 0 Å². The first kappa shape index (κ1) is 14.7. The normalized spacial score (nSPS) is 13.1. The third-order valence-corrected chi connectivity index (χ3v) is 3.33. The molecular formula is C13H19NO3S. The van der Waals surface area contributed by atoms with Gasteiger partial charge in [0.2, 0.25) is 5.91 Å². The zero-order valence-electron chi connectivity index (χ0n) is 10.9. The van der Waals surface area contributed by atoms with Crippen LogP contribution in [0.5, 0.6) is 0 Å². The number of amides is 1. The van der Waals surface area contributed by atoms with E-state index in [1.807, 2.05) is 38.3 Å². The molecule has 1 atom stereocenters. The SMILES string of the molecule is CC(C)(C)NC(=O)C(CCC(=O)O)c1cccs1. The molecule has 0 saturated heterocycles. The van der Waals surface area contributed by atoms with Gasteiger partial charge >= 0.3 is 5.97 Å². The van der Waals surface area contributed by atoms with E-state index in [-0.39, 0.29) is 23.8 Å². The highest BCUT2D eigenvalue weighted by atomic mass is 32.1. The zero-order valence-corrected chi connectivity index (χ0v) is 11.7. The van der Waals surface area contributed by atoms with Gasteiger partial charge in [0.1, 0.15) is 0 Å². The van der Waals surface area contributed by atoms with Crippen LogP contribution in [-0.4, -0.2) is 22.5 Å². The predicted octanol–water partition coefficient (Wildman–Crippen LogP) is 2.61. The number of nitrogens with one attached hydrogen (secondary N) is 1. The summed E-state index contributed by atoms with van der Waals surface area (Å²) in [5.74, 6) is -1.35. The molecule has 5 heteroatoms. The molecule has 1 aromatic rings. The van der Waals surface area contributed by atoms with Crippen molar-refractivity contribution >= 4 is 23.2 Å². The second-order valence-corrected chi connectivity index (χ2v) is 6.22. The summed E-state index contributed by atoms with van der Waals surface area (Å²) in [5, 5.41) is 13.5. The Labute approximate surface area is 111 Å². The van der Waals surface area contributed by atoms with E-state index in [1.54, 1.807) is 0 Å². The van der Waals surface area contributed by atoms with Crippen molar-refractivity contribution in [2.75, 3.05) is 0 Å². The van der Waals surface area contributed by atoms with Crippen molar-refractivity contribution in [3.05, 3.63) is 22.4 Å². The molecule has 1 heterocycles. The molecule has 4 nitrogen and oxygen atoms in total. The highest BCUT2D eigenvalue weighted by molar-refractivity contribution is 7.10. The molecule has 1 unspecified atom stereocenters. The Bertz CT molecular complexity index is 406. The fourth-order valence-corrected chi connectivity index (χ4v) is 2.48. The number of carboxylic acids is 1. The molecule has 18 heavy (non-hydrogen) atoms. The third-order valence-electron chi connectivity index (χ3n) is 2.35. The summed E-state index contributed by atoms with van der Waals surface area (Å²) in [4.78, 5) is 23.7. The largest absolute Gasteiger partial charge is 0.481 e. The van der Waals surface area contributed by atoms with Crippen LogP contribution in [0, 0.1) is 0 Å². The number of rotatable bonds is 5. The maximum atomic E-state index is 12.2. The number of carbonyl (C=O) groups excluding carboxylic acids is 1. The third kappa shape index (κ3) is 4.87. The van der Waals surface area contributed by atoms with Crippen molar-refractivity contribution in [3.63, 3.8) is 0 Å². The van der Waals surface area contributed by atoms with Crippen molar-refractivity contribution in [2.24, 2.45) is 0 Å². The quantitative estimate of drug-likeness (QED) is 0.863. The predicted molar refractivity (Wildman–Crippen MR) is 71.8 cm³/mol. The summed E-state index contributed by atoms with van der Waals surface area (Å²) in [6, 6.07) is 3.75. The van der Waals surface area contributed by atoms with Gasteiger partial charge in [0, 0.05) is 16.8 Å². The van der Waals surface area contributed by atoms with Crippen LogP contribution in [0.25, 0.3) is 0 Å². The molecule has 0 radical (unpaired) electrons. The molecule has 2 N–H and O–H groups in total. The van der Waals surface area contributed by atoms with Crippen molar-refractivity contribution in [3.8, 4) is 0 Å². The highest BCUT2D eigenvalue weighted by Crippen LogP contribution is 2.26. The van der Waals surface area contributed by atoms with Crippen LogP contribution in [0.15, 0.2) is 17.5 Å². The lowest BCUT2D eigenvalue weighted by Crippen LogP contribution is -2.43. The first-order chi connectivity index (χ1) is 8.29. The van der Waals surface area contributed by atoms with Gasteiger partial charge in [0.05, 0.1) is 5.92 Å². The standard InChI is InChI=1S/C13H19NO3S/c1-13(2,3)14-12(17)9(6-7-11(15)16)10-5-4-8-18-10/h4-5,8-9H,6-7H2,1-3H3,(H,14,17)(H,15,16). The molecule has 0 aliphatic carbocycles. The molecule has 0 aliphatic heterocycles. The Kier molecular flexibility index (Phi) is 4.90. The summed E-state index contributed by atoms with van der Waals surface area (Å²) in [6.07, 6.45) is 0.331. The lowest BCUT2D eigenvalue weighted by molar-refractivity contribution is -0.137. The summed E-state index contributed by atoms with van der Waals surface area (Å²) in [7, 11) is 0. The van der Waals surface area contributed by atoms with E-state index < -0.39 is 5.97 Å². The molecule has 0 aliphatic rings. The molecule has 0 spiro atoms. The second kappa shape index (κ2) is 6.00. The monoisotopic (exact) mass is 269 g/mol. The Morgan fingerprint density at radius 2 is 2.11 bits per heavy atom. The van der Waals surface area contributed by atoms with E-state index in [4.69, 9.17) is 5.11 Å². The van der Waals surface area contributed by atoms with Gasteiger partial charge in [-0.15, -0.1) is 11.3 Å². The van der Waals surface area contributed by atoms with Crippen LogP contribution in [0.1, 0.15) is 44.4 Å². The molecule has 0 saturated carbocycles. The lowest BCUT2D eigenvalue weighted by Gasteiger charge is -2.24. The number of hydrogen-bond donors (Lipinski definition) is 2. The maximum Gasteiger partial charge on any atom is 0.303 e. The van der Waals surface area contributed by atoms with E-state index in [1.165, 1.54) is 11.3 Å². The smallest absolute Gasteiger partial charge is 0.303 e. The van der Waals surface area contributed by atoms with Crippen LogP contribution >= 0.6 is 11.3 Å². The number of carboxylic acid groups (broad SMARTS) is 1. The fourth-order valence-electron chi connectivity index (χ4n) is 1.62. The summed E-state index contributed by atoms with van der Waals surface area (Å²) < 4.78 is 0. The molecule has 1 aromatic heterocycles. The van der Waals surface area contributed by atoms with Crippen LogP contribution < -0.4 is 5.32 Å². The molecule has 0 bridgehead atoms. The van der Waals surface area contributed by atoms with E-state index in [2.05, 4.69) is 5.32 Å². The topological polar surface area (TPSA) is 66.4 Å². The number of thiophene rings is 1. The molecule has 1 amide bonds. The fraction of sp³-hybridized carbons (Fsp3) is 0.538. The van der Waals surface area contributed by atoms with Crippen molar-refractivity contribution in [1.82, 2.24) is 5.32 Å². The van der Waals surface area contributed by atoms with Gasteiger partial charge in [-0.1, -0.05) is 6.07 Å². The Hall–Kier alpha value is -1.36. The Morgan fingerprint density at radius 3 is 2.56 bits per heavy atom. The Balaban J connectivity index is 2.77. The number of carbonyl (C=O) groups is 2. The van der Waals surface area contributed by atoms with Gasteiger partial charge in [-0.05, 0) is 38.6 Å². The number of hydrogen-bond acceptors (Lipinski definition) is 3. The number of aliphatic carboxylic acids is 1. The van der Waals surface area contributed by atoms with Gasteiger partial charge in [-0.2, -0.15) is 0 Å². The maximum absolute atomic E-state index is 12.2. The van der Waals surface area contributed by atoms with E-state index in [0.29, 0.717) is 6.42 Å². The van der Waals surface area contributed by atoms with Gasteiger partial charge in [-0.3, -0.25) is 9.59 Å². The van der Waals surface area contributed by atoms with Gasteiger partial charge < -0.3 is 10.4 Å². The summed E-state index contributed by atoms with van der Waals surface area (Å²) in [5.41, 5.74) is -0.310. The highest BCUT2D eigenvalue weighted by Gasteiger charge is 2.25. The Morgan fingerprint density at radius 1 is 1.44 bits per heavy atom. The van der Waals surface area contributed by atoms with E-state index in [0.717, 1.165) is 4.88 Å². The molecule has 1 rings (SSSR count). The van der Waals surface area contributed by atoms with Crippen molar-refractivity contribution < 1.29 is 14.7 Å². The second-order valence-electron chi connectivity index (χ2n) is 5.24. The molecular weight excluding hydrogens is 250 g/mol. The van der Waals surface area contributed by atoms with Crippen LogP contribution in [-0.2, 0) is 9.59 Å². The van der Waals surface area contributed by atoms with Crippen LogP contribution in [0.3, 0.4) is 0 Å². The summed E-state index contributed by atoms with van der Waals surface area (Å²) in [6.45, 7) is 5.73. The minimum Gasteiger partial charge on any atom is -0.481 e. The van der Waals surface area contributed by atoms with Gasteiger partial charge in [-0.25, -0.2) is 0 Å². The van der Waals surface area contributed by atoms with Gasteiger partial charge in [0.25, 0.3) is 0 Å². The van der Waals surface area contributed by atoms with Gasteiger partial charge in [0.15, 0.2) is 0 Å². The van der Waals surface area contributed by atoms with Crippen LogP contribution in [0.4, 0.5) is 0 Å². The molecule has 0 aromatic carbocycles.